The molecule has 1 aliphatic rings. The van der Waals surface area contributed by atoms with Crippen LogP contribution in [0.3, 0.4) is 0 Å². The van der Waals surface area contributed by atoms with Crippen LogP contribution in [-0.2, 0) is 17.8 Å². The predicted octanol–water partition coefficient (Wildman–Crippen LogP) is 1.58. The minimum Gasteiger partial charge on any atom is -0.480 e. The number of carbonyl (C=O) groups is 1. The fourth-order valence-electron chi connectivity index (χ4n) is 2.21. The van der Waals surface area contributed by atoms with E-state index in [0.29, 0.717) is 11.4 Å². The zero-order chi connectivity index (χ0) is 17.2. The van der Waals surface area contributed by atoms with E-state index in [1.807, 2.05) is 0 Å². The molecule has 1 aromatic carbocycles. The summed E-state index contributed by atoms with van der Waals surface area (Å²) in [7, 11) is 0. The standard InChI is InChI=1S/C15H13F2N3O4/c16-15(17)23-11-3-2-9(6-12(11)24-15)8-20-10(14(21)22)7-13-18-4-1-5-19-13/h1-6,10,20H,7-8H2,(H,21,22). The average Bonchev–Trinajstić information content (AvgIpc) is 2.85. The Morgan fingerprint density at radius 3 is 2.67 bits per heavy atom. The van der Waals surface area contributed by atoms with Gasteiger partial charge in [0.05, 0.1) is 0 Å². The van der Waals surface area contributed by atoms with Crippen LogP contribution in [0.4, 0.5) is 8.78 Å². The first-order chi connectivity index (χ1) is 11.4. The molecule has 2 aromatic rings. The van der Waals surface area contributed by atoms with Gasteiger partial charge >= 0.3 is 12.3 Å². The normalized spacial score (nSPS) is 15.9. The summed E-state index contributed by atoms with van der Waals surface area (Å²) < 4.78 is 34.6. The number of hydrogen-bond donors (Lipinski definition) is 2. The highest BCUT2D eigenvalue weighted by Gasteiger charge is 2.43. The first-order valence-corrected chi connectivity index (χ1v) is 7.04. The quantitative estimate of drug-likeness (QED) is 0.826. The molecule has 1 aliphatic heterocycles. The number of benzene rings is 1. The second-order valence-corrected chi connectivity index (χ2v) is 5.09. The summed E-state index contributed by atoms with van der Waals surface area (Å²) in [5.41, 5.74) is 0.579. The van der Waals surface area contributed by atoms with Crippen LogP contribution in [0.2, 0.25) is 0 Å². The molecule has 0 bridgehead atoms. The molecule has 1 aromatic heterocycles. The molecule has 0 fully saturated rings. The van der Waals surface area contributed by atoms with Gasteiger partial charge in [-0.1, -0.05) is 6.07 Å². The van der Waals surface area contributed by atoms with Gasteiger partial charge in [0.15, 0.2) is 11.5 Å². The van der Waals surface area contributed by atoms with Crippen LogP contribution in [0.1, 0.15) is 11.4 Å². The van der Waals surface area contributed by atoms with E-state index in [-0.39, 0.29) is 24.5 Å². The number of aliphatic carboxylic acids is 1. The highest BCUT2D eigenvalue weighted by Crippen LogP contribution is 2.41. The fourth-order valence-corrected chi connectivity index (χ4v) is 2.21. The molecule has 0 saturated heterocycles. The Morgan fingerprint density at radius 1 is 1.25 bits per heavy atom. The number of carboxylic acid groups (broad SMARTS) is 1. The van der Waals surface area contributed by atoms with E-state index in [1.165, 1.54) is 24.5 Å². The monoisotopic (exact) mass is 337 g/mol. The molecule has 0 amide bonds. The van der Waals surface area contributed by atoms with E-state index >= 15 is 0 Å². The van der Waals surface area contributed by atoms with E-state index in [9.17, 15) is 18.7 Å². The number of fused-ring (bicyclic) bond motifs is 1. The van der Waals surface area contributed by atoms with Gasteiger partial charge in [0, 0.05) is 25.4 Å². The summed E-state index contributed by atoms with van der Waals surface area (Å²) in [6, 6.07) is 4.99. The molecule has 0 saturated carbocycles. The number of carboxylic acids is 1. The Balaban J connectivity index is 1.64. The highest BCUT2D eigenvalue weighted by atomic mass is 19.3. The largest absolute Gasteiger partial charge is 0.586 e. The summed E-state index contributed by atoms with van der Waals surface area (Å²) >= 11 is 0. The van der Waals surface area contributed by atoms with Crippen LogP contribution in [-0.4, -0.2) is 33.4 Å². The van der Waals surface area contributed by atoms with Crippen LogP contribution < -0.4 is 14.8 Å². The Morgan fingerprint density at radius 2 is 1.96 bits per heavy atom. The van der Waals surface area contributed by atoms with Gasteiger partial charge in [0.25, 0.3) is 0 Å². The van der Waals surface area contributed by atoms with Crippen LogP contribution in [0.5, 0.6) is 11.5 Å². The first kappa shape index (κ1) is 16.1. The number of nitrogens with zero attached hydrogens (tertiary/aromatic N) is 2. The average molecular weight is 337 g/mol. The van der Waals surface area contributed by atoms with E-state index in [1.54, 1.807) is 12.1 Å². The van der Waals surface area contributed by atoms with E-state index in [4.69, 9.17) is 0 Å². The summed E-state index contributed by atoms with van der Waals surface area (Å²) in [5.74, 6) is -0.814. The molecule has 1 unspecified atom stereocenters. The molecular formula is C15H13F2N3O4. The summed E-state index contributed by atoms with van der Waals surface area (Å²) in [5, 5.41) is 12.1. The maximum atomic E-state index is 13.0. The van der Waals surface area contributed by atoms with E-state index in [2.05, 4.69) is 24.8 Å². The number of hydrogen-bond acceptors (Lipinski definition) is 6. The Labute approximate surface area is 135 Å². The zero-order valence-corrected chi connectivity index (χ0v) is 12.3. The lowest BCUT2D eigenvalue weighted by molar-refractivity contribution is -0.286. The Hall–Kier alpha value is -2.81. The van der Waals surface area contributed by atoms with Crippen molar-refractivity contribution in [3.63, 3.8) is 0 Å². The van der Waals surface area contributed by atoms with Crippen LogP contribution in [0.15, 0.2) is 36.7 Å². The molecule has 0 radical (unpaired) electrons. The third-order valence-electron chi connectivity index (χ3n) is 3.32. The Bertz CT molecular complexity index is 743. The molecule has 126 valence electrons. The first-order valence-electron chi connectivity index (χ1n) is 7.04. The zero-order valence-electron chi connectivity index (χ0n) is 12.3. The van der Waals surface area contributed by atoms with Gasteiger partial charge in [0.1, 0.15) is 11.9 Å². The van der Waals surface area contributed by atoms with Gasteiger partial charge in [-0.3, -0.25) is 10.1 Å². The van der Waals surface area contributed by atoms with Crippen molar-refractivity contribution in [2.24, 2.45) is 0 Å². The van der Waals surface area contributed by atoms with Crippen molar-refractivity contribution in [2.75, 3.05) is 0 Å². The maximum absolute atomic E-state index is 13.0. The summed E-state index contributed by atoms with van der Waals surface area (Å²) in [6.45, 7) is 0.145. The van der Waals surface area contributed by atoms with Crippen molar-refractivity contribution in [1.29, 1.82) is 0 Å². The molecule has 2 heterocycles. The number of ether oxygens (including phenoxy) is 2. The number of rotatable bonds is 6. The van der Waals surface area contributed by atoms with Crippen molar-refractivity contribution < 1.29 is 28.2 Å². The minimum atomic E-state index is -3.68. The molecule has 9 heteroatoms. The van der Waals surface area contributed by atoms with Crippen LogP contribution in [0.25, 0.3) is 0 Å². The third-order valence-corrected chi connectivity index (χ3v) is 3.32. The molecular weight excluding hydrogens is 324 g/mol. The predicted molar refractivity (Wildman–Crippen MR) is 76.6 cm³/mol. The number of alkyl halides is 2. The van der Waals surface area contributed by atoms with Gasteiger partial charge in [-0.25, -0.2) is 9.97 Å². The lowest BCUT2D eigenvalue weighted by Gasteiger charge is -2.13. The third kappa shape index (κ3) is 3.74. The summed E-state index contributed by atoms with van der Waals surface area (Å²) in [4.78, 5) is 19.3. The molecule has 0 spiro atoms. The van der Waals surface area contributed by atoms with Gasteiger partial charge in [-0.2, -0.15) is 0 Å². The second-order valence-electron chi connectivity index (χ2n) is 5.09. The molecule has 7 nitrogen and oxygen atoms in total. The van der Waals surface area contributed by atoms with Crippen molar-refractivity contribution in [3.05, 3.63) is 48.0 Å². The van der Waals surface area contributed by atoms with Gasteiger partial charge in [-0.15, -0.1) is 8.78 Å². The van der Waals surface area contributed by atoms with Crippen molar-refractivity contribution in [1.82, 2.24) is 15.3 Å². The Kier molecular flexibility index (Phi) is 4.26. The molecule has 24 heavy (non-hydrogen) atoms. The smallest absolute Gasteiger partial charge is 0.480 e. The lowest BCUT2D eigenvalue weighted by atomic mass is 10.1. The second kappa shape index (κ2) is 6.36. The van der Waals surface area contributed by atoms with Crippen LogP contribution in [0, 0.1) is 0 Å². The van der Waals surface area contributed by atoms with E-state index < -0.39 is 18.3 Å². The van der Waals surface area contributed by atoms with Gasteiger partial charge in [-0.05, 0) is 23.8 Å². The minimum absolute atomic E-state index is 0.0591. The van der Waals surface area contributed by atoms with Gasteiger partial charge < -0.3 is 14.6 Å². The topological polar surface area (TPSA) is 93.6 Å². The lowest BCUT2D eigenvalue weighted by Crippen LogP contribution is -2.38. The number of halogens is 2. The number of nitrogens with one attached hydrogen (secondary N) is 1. The highest BCUT2D eigenvalue weighted by molar-refractivity contribution is 5.73. The van der Waals surface area contributed by atoms with E-state index in [0.717, 1.165) is 0 Å². The fraction of sp³-hybridized carbons (Fsp3) is 0.267. The maximum Gasteiger partial charge on any atom is 0.586 e. The van der Waals surface area contributed by atoms with Crippen molar-refractivity contribution in [2.45, 2.75) is 25.3 Å². The van der Waals surface area contributed by atoms with Gasteiger partial charge in [0.2, 0.25) is 0 Å². The molecule has 1 atom stereocenters. The SMILES string of the molecule is O=C(O)C(Cc1ncccn1)NCc1ccc2c(c1)OC(F)(F)O2. The molecule has 0 aliphatic carbocycles. The molecule has 2 N–H and O–H groups in total. The van der Waals surface area contributed by atoms with Crippen LogP contribution >= 0.6 is 0 Å². The number of aromatic nitrogens is 2. The van der Waals surface area contributed by atoms with Crippen molar-refractivity contribution in [3.8, 4) is 11.5 Å². The van der Waals surface area contributed by atoms with Crippen molar-refractivity contribution >= 4 is 5.97 Å². The summed E-state index contributed by atoms with van der Waals surface area (Å²) in [6.07, 6.45) is -0.528. The molecule has 3 rings (SSSR count).